The van der Waals surface area contributed by atoms with E-state index in [2.05, 4.69) is 20.2 Å². The van der Waals surface area contributed by atoms with Crippen molar-refractivity contribution in [3.8, 4) is 0 Å². The van der Waals surface area contributed by atoms with Crippen LogP contribution < -0.4 is 10.0 Å². The Kier molecular flexibility index (Phi) is 5.85. The zero-order chi connectivity index (χ0) is 19.4. The van der Waals surface area contributed by atoms with Crippen molar-refractivity contribution in [2.45, 2.75) is 17.8 Å². The molecule has 10 heteroatoms. The largest absolute Gasteiger partial charge is 0.296 e. The Balaban J connectivity index is 1.68. The lowest BCUT2D eigenvalue weighted by Gasteiger charge is -2.04. The van der Waals surface area contributed by atoms with Crippen LogP contribution in [0.4, 0.5) is 5.13 Å². The van der Waals surface area contributed by atoms with E-state index in [0.717, 1.165) is 22.5 Å². The number of nitrogens with zero attached hydrogens (tertiary/aromatic N) is 2. The number of nitrogens with one attached hydrogen (secondary N) is 2. The topological polar surface area (TPSA) is 101 Å². The smallest absolute Gasteiger partial charge is 0.270 e. The molecule has 1 heterocycles. The first kappa shape index (κ1) is 19.4. The molecule has 0 bridgehead atoms. The number of carbonyl (C=O) groups excluding carboxylic acids is 1. The van der Waals surface area contributed by atoms with Gasteiger partial charge in [-0.25, -0.2) is 13.1 Å². The fourth-order valence-electron chi connectivity index (χ4n) is 2.12. The molecule has 0 fully saturated rings. The van der Waals surface area contributed by atoms with E-state index in [-0.39, 0.29) is 26.6 Å². The van der Waals surface area contributed by atoms with Crippen LogP contribution >= 0.6 is 22.9 Å². The number of hydrogen-bond donors (Lipinski definition) is 2. The van der Waals surface area contributed by atoms with Crippen LogP contribution in [0, 0.1) is 6.92 Å². The van der Waals surface area contributed by atoms with Crippen LogP contribution in [0.15, 0.2) is 52.9 Å². The second kappa shape index (κ2) is 8.13. The average Bonchev–Trinajstić information content (AvgIpc) is 3.11. The van der Waals surface area contributed by atoms with E-state index in [9.17, 15) is 13.2 Å². The summed E-state index contributed by atoms with van der Waals surface area (Å²) >= 11 is 6.73. The molecule has 0 aliphatic heterocycles. The minimum Gasteiger partial charge on any atom is -0.296 e. The van der Waals surface area contributed by atoms with Gasteiger partial charge >= 0.3 is 0 Å². The number of benzene rings is 2. The molecule has 1 aromatic heterocycles. The summed E-state index contributed by atoms with van der Waals surface area (Å²) in [7, 11) is -3.84. The highest BCUT2D eigenvalue weighted by Gasteiger charge is 2.21. The van der Waals surface area contributed by atoms with Crippen molar-refractivity contribution in [1.82, 2.24) is 14.9 Å². The second-order valence-corrected chi connectivity index (χ2v) is 8.94. The zero-order valence-corrected chi connectivity index (χ0v) is 16.5. The van der Waals surface area contributed by atoms with Crippen molar-refractivity contribution in [3.05, 3.63) is 70.2 Å². The molecule has 0 saturated carbocycles. The van der Waals surface area contributed by atoms with Crippen LogP contribution in [-0.4, -0.2) is 24.5 Å². The van der Waals surface area contributed by atoms with E-state index in [1.54, 1.807) is 24.3 Å². The van der Waals surface area contributed by atoms with Gasteiger partial charge in [-0.2, -0.15) is 0 Å². The Morgan fingerprint density at radius 3 is 2.52 bits per heavy atom. The Bertz CT molecular complexity index is 1070. The van der Waals surface area contributed by atoms with Crippen LogP contribution in [0.25, 0.3) is 0 Å². The van der Waals surface area contributed by atoms with Gasteiger partial charge in [-0.1, -0.05) is 64.9 Å². The third kappa shape index (κ3) is 4.89. The van der Waals surface area contributed by atoms with Gasteiger partial charge in [-0.3, -0.25) is 10.1 Å². The molecule has 2 aromatic carbocycles. The molecule has 0 aliphatic carbocycles. The van der Waals surface area contributed by atoms with Gasteiger partial charge in [-0.05, 0) is 24.6 Å². The summed E-state index contributed by atoms with van der Waals surface area (Å²) < 4.78 is 26.9. The number of hydrogen-bond acceptors (Lipinski definition) is 6. The molecule has 0 atom stereocenters. The number of amides is 1. The molecule has 7 nitrogen and oxygen atoms in total. The maximum atomic E-state index is 12.4. The molecule has 0 aliphatic rings. The van der Waals surface area contributed by atoms with Crippen LogP contribution in [0.3, 0.4) is 0 Å². The first-order valence-electron chi connectivity index (χ1n) is 7.80. The second-order valence-electron chi connectivity index (χ2n) is 5.62. The molecule has 0 unspecified atom stereocenters. The van der Waals surface area contributed by atoms with Gasteiger partial charge in [0, 0.05) is 6.54 Å². The number of halogens is 1. The SMILES string of the molecule is Cc1ccc(CNS(=O)(=O)c2nnc(NC(=O)c3ccccc3Cl)s2)cc1. The number of aromatic nitrogens is 2. The van der Waals surface area contributed by atoms with Crippen LogP contribution in [0.5, 0.6) is 0 Å². The summed E-state index contributed by atoms with van der Waals surface area (Å²) in [6.45, 7) is 2.08. The minimum absolute atomic E-state index is 0.0654. The van der Waals surface area contributed by atoms with Gasteiger partial charge in [0.05, 0.1) is 10.6 Å². The Hall–Kier alpha value is -2.33. The molecule has 27 heavy (non-hydrogen) atoms. The zero-order valence-electron chi connectivity index (χ0n) is 14.1. The van der Waals surface area contributed by atoms with Gasteiger partial charge in [0.2, 0.25) is 9.47 Å². The maximum absolute atomic E-state index is 12.4. The highest BCUT2D eigenvalue weighted by atomic mass is 35.5. The summed E-state index contributed by atoms with van der Waals surface area (Å²) in [4.78, 5) is 12.2. The fraction of sp³-hybridized carbons (Fsp3) is 0.118. The Labute approximate surface area is 165 Å². The quantitative estimate of drug-likeness (QED) is 0.594. The lowest BCUT2D eigenvalue weighted by molar-refractivity contribution is 0.102. The van der Waals surface area contributed by atoms with Crippen LogP contribution in [0.2, 0.25) is 5.02 Å². The summed E-state index contributed by atoms with van der Waals surface area (Å²) in [5.41, 5.74) is 2.17. The Morgan fingerprint density at radius 2 is 1.81 bits per heavy atom. The highest BCUT2D eigenvalue weighted by Crippen LogP contribution is 2.22. The van der Waals surface area contributed by atoms with Crippen molar-refractivity contribution in [2.75, 3.05) is 5.32 Å². The van der Waals surface area contributed by atoms with E-state index in [4.69, 9.17) is 11.6 Å². The van der Waals surface area contributed by atoms with Gasteiger partial charge in [0.25, 0.3) is 15.9 Å². The van der Waals surface area contributed by atoms with Gasteiger partial charge in [-0.15, -0.1) is 10.2 Å². The lowest BCUT2D eigenvalue weighted by Crippen LogP contribution is -2.23. The lowest BCUT2D eigenvalue weighted by atomic mass is 10.2. The van der Waals surface area contributed by atoms with Crippen LogP contribution in [-0.2, 0) is 16.6 Å². The summed E-state index contributed by atoms with van der Waals surface area (Å²) in [5, 5.41) is 10.2. The molecule has 0 spiro atoms. The number of rotatable bonds is 6. The van der Waals surface area contributed by atoms with Gasteiger partial charge in [0.15, 0.2) is 0 Å². The fourth-order valence-corrected chi connectivity index (χ4v) is 4.30. The van der Waals surface area contributed by atoms with E-state index in [1.165, 1.54) is 0 Å². The molecule has 3 rings (SSSR count). The molecule has 3 aromatic rings. The van der Waals surface area contributed by atoms with Crippen molar-refractivity contribution in [2.24, 2.45) is 0 Å². The van der Waals surface area contributed by atoms with E-state index < -0.39 is 15.9 Å². The predicted octanol–water partition coefficient (Wildman–Crippen LogP) is 3.23. The molecule has 1 amide bonds. The van der Waals surface area contributed by atoms with E-state index in [1.807, 2.05) is 31.2 Å². The molecule has 0 radical (unpaired) electrons. The summed E-state index contributed by atoms with van der Waals surface area (Å²) in [6.07, 6.45) is 0. The monoisotopic (exact) mass is 422 g/mol. The summed E-state index contributed by atoms with van der Waals surface area (Å²) in [6, 6.07) is 14.0. The minimum atomic E-state index is -3.84. The van der Waals surface area contributed by atoms with Gasteiger partial charge in [0.1, 0.15) is 0 Å². The maximum Gasteiger partial charge on any atom is 0.270 e. The molecule has 0 saturated heterocycles. The van der Waals surface area contributed by atoms with Crippen molar-refractivity contribution >= 4 is 44.0 Å². The highest BCUT2D eigenvalue weighted by molar-refractivity contribution is 7.91. The van der Waals surface area contributed by atoms with Gasteiger partial charge < -0.3 is 0 Å². The third-order valence-electron chi connectivity index (χ3n) is 3.56. The summed E-state index contributed by atoms with van der Waals surface area (Å²) in [5.74, 6) is -0.492. The standard InChI is InChI=1S/C17H15ClN4O3S2/c1-11-6-8-12(9-7-11)10-19-27(24,25)17-22-21-16(26-17)20-15(23)13-4-2-3-5-14(13)18/h2-9,19H,10H2,1H3,(H,20,21,23). The number of aryl methyl sites for hydroxylation is 1. The Morgan fingerprint density at radius 1 is 1.11 bits per heavy atom. The van der Waals surface area contributed by atoms with E-state index in [0.29, 0.717) is 0 Å². The van der Waals surface area contributed by atoms with Crippen molar-refractivity contribution in [1.29, 1.82) is 0 Å². The number of carbonyl (C=O) groups is 1. The normalized spacial score (nSPS) is 11.3. The first-order chi connectivity index (χ1) is 12.8. The van der Waals surface area contributed by atoms with Crippen molar-refractivity contribution in [3.63, 3.8) is 0 Å². The number of anilines is 1. The molecular formula is C17H15ClN4O3S2. The van der Waals surface area contributed by atoms with Crippen LogP contribution in [0.1, 0.15) is 21.5 Å². The molecule has 140 valence electrons. The molecule has 2 N–H and O–H groups in total. The number of sulfonamides is 1. The predicted molar refractivity (Wildman–Crippen MR) is 105 cm³/mol. The first-order valence-corrected chi connectivity index (χ1v) is 10.5. The van der Waals surface area contributed by atoms with Crippen molar-refractivity contribution < 1.29 is 13.2 Å². The molecular weight excluding hydrogens is 408 g/mol. The van der Waals surface area contributed by atoms with E-state index >= 15 is 0 Å². The third-order valence-corrected chi connectivity index (χ3v) is 6.50. The average molecular weight is 423 g/mol.